The Balaban J connectivity index is 2.74. The minimum Gasteiger partial charge on any atom is -0.313 e. The molecule has 0 saturated heterocycles. The van der Waals surface area contributed by atoms with Gasteiger partial charge in [-0.05, 0) is 46.1 Å². The van der Waals surface area contributed by atoms with Crippen molar-refractivity contribution in [2.24, 2.45) is 0 Å². The van der Waals surface area contributed by atoms with Gasteiger partial charge in [0.15, 0.2) is 5.03 Å². The summed E-state index contributed by atoms with van der Waals surface area (Å²) in [4.78, 5) is 6.02. The minimum atomic E-state index is -3.57. The summed E-state index contributed by atoms with van der Waals surface area (Å²) >= 11 is 0. The number of pyridine rings is 1. The molecule has 6 nitrogen and oxygen atoms in total. The first-order valence-electron chi connectivity index (χ1n) is 7.02. The van der Waals surface area contributed by atoms with Crippen molar-refractivity contribution in [3.8, 4) is 0 Å². The topological polar surface area (TPSA) is 74.3 Å². The number of likely N-dealkylation sites (N-methyl/N-ethyl adjacent to an activating group) is 1. The first kappa shape index (κ1) is 18.0. The van der Waals surface area contributed by atoms with Gasteiger partial charge in [0.05, 0.1) is 0 Å². The summed E-state index contributed by atoms with van der Waals surface area (Å²) < 4.78 is 27.1. The van der Waals surface area contributed by atoms with Crippen LogP contribution in [-0.2, 0) is 16.6 Å². The second-order valence-electron chi connectivity index (χ2n) is 5.82. The zero-order valence-corrected chi connectivity index (χ0v) is 14.3. The van der Waals surface area contributed by atoms with Crippen molar-refractivity contribution >= 4 is 10.0 Å². The van der Waals surface area contributed by atoms with E-state index in [2.05, 4.69) is 15.0 Å². The number of rotatable bonds is 8. The fraction of sp³-hybridized carbons (Fsp3) is 0.643. The van der Waals surface area contributed by atoms with E-state index in [1.165, 1.54) is 6.07 Å². The molecule has 0 saturated carbocycles. The molecular weight excluding hydrogens is 288 g/mol. The van der Waals surface area contributed by atoms with Crippen LogP contribution in [0.5, 0.6) is 0 Å². The largest absolute Gasteiger partial charge is 0.313 e. The third-order valence-electron chi connectivity index (χ3n) is 3.56. The van der Waals surface area contributed by atoms with Crippen molar-refractivity contribution in [2.45, 2.75) is 37.9 Å². The maximum atomic E-state index is 12.2. The Kier molecular flexibility index (Phi) is 6.27. The van der Waals surface area contributed by atoms with Crippen molar-refractivity contribution in [1.29, 1.82) is 0 Å². The summed E-state index contributed by atoms with van der Waals surface area (Å²) in [7, 11) is 0.265. The molecule has 0 atom stereocenters. The van der Waals surface area contributed by atoms with Gasteiger partial charge in [0, 0.05) is 24.8 Å². The third-order valence-corrected chi connectivity index (χ3v) is 4.87. The van der Waals surface area contributed by atoms with Crippen LogP contribution in [0.4, 0.5) is 0 Å². The van der Waals surface area contributed by atoms with Gasteiger partial charge in [-0.3, -0.25) is 0 Å². The average Bonchev–Trinajstić information content (AvgIpc) is 2.43. The van der Waals surface area contributed by atoms with Gasteiger partial charge in [0.25, 0.3) is 10.0 Å². The van der Waals surface area contributed by atoms with Gasteiger partial charge in [-0.25, -0.2) is 18.1 Å². The fourth-order valence-corrected chi connectivity index (χ4v) is 2.58. The average molecular weight is 314 g/mol. The monoisotopic (exact) mass is 314 g/mol. The molecule has 1 aromatic rings. The van der Waals surface area contributed by atoms with E-state index in [9.17, 15) is 8.42 Å². The van der Waals surface area contributed by atoms with Gasteiger partial charge >= 0.3 is 0 Å². The first-order chi connectivity index (χ1) is 9.69. The highest BCUT2D eigenvalue weighted by atomic mass is 32.2. The van der Waals surface area contributed by atoms with Crippen molar-refractivity contribution in [3.63, 3.8) is 0 Å². The molecular formula is C14H26N4O2S. The van der Waals surface area contributed by atoms with Crippen molar-refractivity contribution < 1.29 is 8.42 Å². The number of nitrogens with zero attached hydrogens (tertiary/aromatic N) is 2. The molecule has 1 heterocycles. The number of hydrogen-bond acceptors (Lipinski definition) is 5. The lowest BCUT2D eigenvalue weighted by Gasteiger charge is -2.32. The molecule has 1 rings (SSSR count). The van der Waals surface area contributed by atoms with E-state index in [-0.39, 0.29) is 10.6 Å². The molecule has 0 amide bonds. The van der Waals surface area contributed by atoms with Gasteiger partial charge in [0.1, 0.15) is 0 Å². The highest BCUT2D eigenvalue weighted by Gasteiger charge is 2.24. The molecule has 7 heteroatoms. The highest BCUT2D eigenvalue weighted by Crippen LogP contribution is 2.11. The van der Waals surface area contributed by atoms with E-state index in [1.807, 2.05) is 39.8 Å². The lowest BCUT2D eigenvalue weighted by atomic mass is 10.1. The van der Waals surface area contributed by atoms with Gasteiger partial charge in [0.2, 0.25) is 0 Å². The van der Waals surface area contributed by atoms with Crippen molar-refractivity contribution in [2.75, 3.05) is 27.2 Å². The molecule has 21 heavy (non-hydrogen) atoms. The lowest BCUT2D eigenvalue weighted by Crippen LogP contribution is -2.48. The fourth-order valence-electron chi connectivity index (χ4n) is 1.45. The number of aromatic nitrogens is 1. The van der Waals surface area contributed by atoms with Gasteiger partial charge in [-0.15, -0.1) is 0 Å². The Morgan fingerprint density at radius 3 is 2.43 bits per heavy atom. The molecule has 2 N–H and O–H groups in total. The maximum Gasteiger partial charge on any atom is 0.258 e. The second-order valence-corrected chi connectivity index (χ2v) is 7.53. The molecule has 0 bridgehead atoms. The molecule has 120 valence electrons. The van der Waals surface area contributed by atoms with Gasteiger partial charge in [-0.2, -0.15) is 0 Å². The van der Waals surface area contributed by atoms with E-state index >= 15 is 0 Å². The van der Waals surface area contributed by atoms with Crippen LogP contribution in [-0.4, -0.2) is 51.0 Å². The van der Waals surface area contributed by atoms with E-state index in [1.54, 1.807) is 12.3 Å². The number of nitrogens with one attached hydrogen (secondary N) is 2. The molecule has 0 spiro atoms. The molecule has 1 aromatic heterocycles. The van der Waals surface area contributed by atoms with Crippen LogP contribution in [0.25, 0.3) is 0 Å². The zero-order valence-electron chi connectivity index (χ0n) is 13.5. The first-order valence-corrected chi connectivity index (χ1v) is 8.50. The summed E-state index contributed by atoms with van der Waals surface area (Å²) in [5, 5.41) is 3.22. The van der Waals surface area contributed by atoms with Crippen LogP contribution in [0.3, 0.4) is 0 Å². The van der Waals surface area contributed by atoms with E-state index in [0.29, 0.717) is 13.1 Å². The molecule has 0 fully saturated rings. The summed E-state index contributed by atoms with van der Waals surface area (Å²) in [5.41, 5.74) is 0.697. The van der Waals surface area contributed by atoms with Crippen molar-refractivity contribution in [1.82, 2.24) is 19.9 Å². The van der Waals surface area contributed by atoms with E-state index < -0.39 is 10.0 Å². The summed E-state index contributed by atoms with van der Waals surface area (Å²) in [6.45, 7) is 7.84. The van der Waals surface area contributed by atoms with Crippen LogP contribution in [0.1, 0.15) is 26.3 Å². The van der Waals surface area contributed by atoms with E-state index in [0.717, 1.165) is 12.1 Å². The Labute approximate surface area is 128 Å². The quantitative estimate of drug-likeness (QED) is 0.743. The molecule has 0 aliphatic carbocycles. The van der Waals surface area contributed by atoms with Crippen LogP contribution < -0.4 is 10.0 Å². The maximum absolute atomic E-state index is 12.2. The smallest absolute Gasteiger partial charge is 0.258 e. The van der Waals surface area contributed by atoms with Crippen LogP contribution in [0, 0.1) is 0 Å². The second kappa shape index (κ2) is 7.31. The van der Waals surface area contributed by atoms with Gasteiger partial charge in [-0.1, -0.05) is 13.0 Å². The normalized spacial score (nSPS) is 12.9. The van der Waals surface area contributed by atoms with Gasteiger partial charge < -0.3 is 10.2 Å². The third kappa shape index (κ3) is 5.35. The van der Waals surface area contributed by atoms with E-state index in [4.69, 9.17) is 0 Å². The number of hydrogen-bond donors (Lipinski definition) is 2. The molecule has 0 aromatic carbocycles. The van der Waals surface area contributed by atoms with Crippen LogP contribution >= 0.6 is 0 Å². The number of sulfonamides is 1. The van der Waals surface area contributed by atoms with Crippen LogP contribution in [0.2, 0.25) is 0 Å². The SMILES string of the molecule is CCNCc1ccc(S(=O)(=O)NCC(C)(C)N(C)C)nc1. The Bertz CT molecular complexity index is 539. The Morgan fingerprint density at radius 1 is 1.29 bits per heavy atom. The Morgan fingerprint density at radius 2 is 1.95 bits per heavy atom. The molecule has 0 aliphatic heterocycles. The molecule has 0 aliphatic rings. The highest BCUT2D eigenvalue weighted by molar-refractivity contribution is 7.89. The predicted octanol–water partition coefficient (Wildman–Crippen LogP) is 0.810. The molecule has 0 radical (unpaired) electrons. The summed E-state index contributed by atoms with van der Waals surface area (Å²) in [6.07, 6.45) is 1.59. The Hall–Kier alpha value is -1.02. The van der Waals surface area contributed by atoms with Crippen molar-refractivity contribution in [3.05, 3.63) is 23.9 Å². The van der Waals surface area contributed by atoms with Crippen LogP contribution in [0.15, 0.2) is 23.4 Å². The summed E-state index contributed by atoms with van der Waals surface area (Å²) in [6, 6.07) is 3.32. The standard InChI is InChI=1S/C14H26N4O2S/c1-6-15-9-12-7-8-13(16-10-12)21(19,20)17-11-14(2,3)18(4)5/h7-8,10,15,17H,6,9,11H2,1-5H3. The summed E-state index contributed by atoms with van der Waals surface area (Å²) in [5.74, 6) is 0. The predicted molar refractivity (Wildman–Crippen MR) is 84.6 cm³/mol. The zero-order chi connectivity index (χ0) is 16.1. The molecule has 0 unspecified atom stereocenters. The minimum absolute atomic E-state index is 0.0531. The lowest BCUT2D eigenvalue weighted by molar-refractivity contribution is 0.199.